The zero-order valence-corrected chi connectivity index (χ0v) is 24.4. The summed E-state index contributed by atoms with van der Waals surface area (Å²) in [6, 6.07) is 15.5. The van der Waals surface area contributed by atoms with Gasteiger partial charge in [-0.25, -0.2) is 24.3 Å². The monoisotopic (exact) mass is 532 g/mol. The molecule has 0 aromatic heterocycles. The SMILES string of the molecule is C=C(C)[O-].C=C(C)[O-].CO[Si](OC)(OC)[c-]1cccc1.CO[Si](OC)(OC)[c-]1cccc1.[Ti+4]. The third-order valence-electron chi connectivity index (χ3n) is 3.64. The van der Waals surface area contributed by atoms with Gasteiger partial charge in [-0.15, -0.1) is 24.7 Å². The number of hydrogen-bond acceptors (Lipinski definition) is 8. The quantitative estimate of drug-likeness (QED) is 0.279. The van der Waals surface area contributed by atoms with Gasteiger partial charge >= 0.3 is 39.3 Å². The summed E-state index contributed by atoms with van der Waals surface area (Å²) in [4.78, 5) is 0. The molecule has 0 aliphatic rings. The van der Waals surface area contributed by atoms with Gasteiger partial charge in [-0.05, 0) is 0 Å². The van der Waals surface area contributed by atoms with E-state index in [1.165, 1.54) is 13.8 Å². The second-order valence-corrected chi connectivity index (χ2v) is 11.9. The Morgan fingerprint density at radius 2 is 0.727 bits per heavy atom. The van der Waals surface area contributed by atoms with Crippen LogP contribution < -0.4 is 20.6 Å². The van der Waals surface area contributed by atoms with Gasteiger partial charge in [-0.2, -0.15) is 24.3 Å². The molecular formula is C22H36O8Si2Ti. The van der Waals surface area contributed by atoms with Gasteiger partial charge in [0.05, 0.1) is 0 Å². The molecule has 0 heterocycles. The molecule has 0 atom stereocenters. The first-order chi connectivity index (χ1) is 15.0. The number of allylic oxidation sites excluding steroid dienone is 2. The Morgan fingerprint density at radius 3 is 0.848 bits per heavy atom. The normalized spacial score (nSPS) is 10.2. The molecule has 8 nitrogen and oxygen atoms in total. The fourth-order valence-electron chi connectivity index (χ4n) is 2.36. The molecule has 0 fully saturated rings. The predicted octanol–water partition coefficient (Wildman–Crippen LogP) is 0.739. The van der Waals surface area contributed by atoms with Crippen LogP contribution in [0.4, 0.5) is 0 Å². The zero-order valence-electron chi connectivity index (χ0n) is 20.8. The first kappa shape index (κ1) is 36.3. The molecule has 0 bridgehead atoms. The van der Waals surface area contributed by atoms with Crippen molar-refractivity contribution in [1.29, 1.82) is 0 Å². The number of hydrogen-bond donors (Lipinski definition) is 0. The molecule has 0 radical (unpaired) electrons. The van der Waals surface area contributed by atoms with Crippen LogP contribution >= 0.6 is 0 Å². The summed E-state index contributed by atoms with van der Waals surface area (Å²) >= 11 is 0. The topological polar surface area (TPSA) is 102 Å². The predicted molar refractivity (Wildman–Crippen MR) is 127 cm³/mol. The molecule has 0 saturated heterocycles. The van der Waals surface area contributed by atoms with Crippen LogP contribution in [0.15, 0.2) is 73.2 Å². The van der Waals surface area contributed by atoms with Crippen LogP contribution in [0, 0.1) is 0 Å². The maximum atomic E-state index is 9.33. The average molecular weight is 533 g/mol. The van der Waals surface area contributed by atoms with Crippen molar-refractivity contribution in [2.75, 3.05) is 42.7 Å². The molecule has 184 valence electrons. The third-order valence-corrected chi connectivity index (χ3v) is 8.95. The molecular weight excluding hydrogens is 496 g/mol. The second-order valence-electron chi connectivity index (χ2n) is 6.09. The van der Waals surface area contributed by atoms with Crippen molar-refractivity contribution in [3.63, 3.8) is 0 Å². The van der Waals surface area contributed by atoms with E-state index in [1.54, 1.807) is 42.7 Å². The Kier molecular flexibility index (Phi) is 22.1. The van der Waals surface area contributed by atoms with Crippen molar-refractivity contribution in [3.8, 4) is 0 Å². The van der Waals surface area contributed by atoms with Crippen LogP contribution in [-0.4, -0.2) is 60.3 Å². The molecule has 0 aliphatic carbocycles. The Balaban J connectivity index is -0.000000405. The minimum absolute atomic E-state index is 0. The van der Waals surface area contributed by atoms with Gasteiger partial charge < -0.3 is 36.8 Å². The molecule has 2 aromatic carbocycles. The summed E-state index contributed by atoms with van der Waals surface area (Å²) in [7, 11) is 4.54. The first-order valence-electron chi connectivity index (χ1n) is 9.44. The van der Waals surface area contributed by atoms with E-state index in [0.29, 0.717) is 0 Å². The van der Waals surface area contributed by atoms with E-state index >= 15 is 0 Å². The average Bonchev–Trinajstić information content (AvgIpc) is 3.47. The zero-order chi connectivity index (χ0) is 25.2. The summed E-state index contributed by atoms with van der Waals surface area (Å²) in [5, 5.41) is 20.7. The summed E-state index contributed by atoms with van der Waals surface area (Å²) < 4.78 is 31.7. The fraction of sp³-hybridized carbons (Fsp3) is 0.364. The van der Waals surface area contributed by atoms with Crippen LogP contribution in [-0.2, 0) is 48.3 Å². The molecule has 2 aromatic rings. The Morgan fingerprint density at radius 1 is 0.576 bits per heavy atom. The molecule has 0 amide bonds. The van der Waals surface area contributed by atoms with E-state index in [-0.39, 0.29) is 33.2 Å². The standard InChI is InChI=1S/2C8H13O3Si.2C3H6O.Ti/c2*1-9-12(10-2,11-3)8-6-4-5-7-8;2*1-3(2)4;/h2*4-7H,1-3H3;2*4H,1H2,2H3;/q2*-1;;;+4/p-2. The van der Waals surface area contributed by atoms with E-state index in [1.807, 2.05) is 48.5 Å². The van der Waals surface area contributed by atoms with Crippen molar-refractivity contribution in [2.24, 2.45) is 0 Å². The third kappa shape index (κ3) is 13.9. The minimum Gasteiger partial charge on any atom is -0.876 e. The summed E-state index contributed by atoms with van der Waals surface area (Å²) in [5.74, 6) is -0.167. The van der Waals surface area contributed by atoms with Crippen molar-refractivity contribution in [3.05, 3.63) is 73.2 Å². The van der Waals surface area contributed by atoms with Gasteiger partial charge in [0.25, 0.3) is 0 Å². The molecule has 11 heteroatoms. The van der Waals surface area contributed by atoms with Gasteiger partial charge in [0.1, 0.15) is 0 Å². The molecule has 0 N–H and O–H groups in total. The van der Waals surface area contributed by atoms with Crippen molar-refractivity contribution in [2.45, 2.75) is 13.8 Å². The molecule has 0 spiro atoms. The van der Waals surface area contributed by atoms with Crippen LogP contribution in [0.25, 0.3) is 0 Å². The van der Waals surface area contributed by atoms with Gasteiger partial charge in [0.2, 0.25) is 0 Å². The van der Waals surface area contributed by atoms with Crippen LogP contribution in [0.5, 0.6) is 0 Å². The minimum atomic E-state index is -2.54. The molecule has 2 rings (SSSR count). The van der Waals surface area contributed by atoms with Crippen molar-refractivity contribution in [1.82, 2.24) is 0 Å². The van der Waals surface area contributed by atoms with E-state index in [0.717, 1.165) is 10.4 Å². The summed E-state index contributed by atoms with van der Waals surface area (Å²) in [5.41, 5.74) is 0. The van der Waals surface area contributed by atoms with Gasteiger partial charge in [-0.3, -0.25) is 0 Å². The van der Waals surface area contributed by atoms with Gasteiger partial charge in [0.15, 0.2) is 0 Å². The largest absolute Gasteiger partial charge is 4.00 e. The van der Waals surface area contributed by atoms with Crippen molar-refractivity contribution < 1.29 is 58.5 Å². The van der Waals surface area contributed by atoms with Crippen LogP contribution in [0.3, 0.4) is 0 Å². The van der Waals surface area contributed by atoms with Gasteiger partial charge in [0, 0.05) is 42.7 Å². The molecule has 0 unspecified atom stereocenters. The van der Waals surface area contributed by atoms with E-state index in [9.17, 15) is 10.2 Å². The van der Waals surface area contributed by atoms with E-state index in [2.05, 4.69) is 13.2 Å². The maximum absolute atomic E-state index is 9.33. The number of rotatable bonds is 8. The van der Waals surface area contributed by atoms with E-state index in [4.69, 9.17) is 26.6 Å². The Bertz CT molecular complexity index is 626. The first-order valence-corrected chi connectivity index (χ1v) is 12.9. The Hall–Kier alpha value is -1.31. The van der Waals surface area contributed by atoms with Gasteiger partial charge in [-0.1, -0.05) is 24.2 Å². The molecule has 33 heavy (non-hydrogen) atoms. The fourth-order valence-corrected chi connectivity index (χ4v) is 5.98. The smallest absolute Gasteiger partial charge is 0.876 e. The second kappa shape index (κ2) is 20.1. The van der Waals surface area contributed by atoms with Crippen LogP contribution in [0.2, 0.25) is 0 Å². The Labute approximate surface area is 215 Å². The molecule has 0 saturated carbocycles. The van der Waals surface area contributed by atoms with E-state index < -0.39 is 17.6 Å². The van der Waals surface area contributed by atoms with Crippen LogP contribution in [0.1, 0.15) is 13.8 Å². The summed E-state index contributed by atoms with van der Waals surface area (Å²) in [6.45, 7) is 8.83. The van der Waals surface area contributed by atoms with Crippen molar-refractivity contribution >= 4 is 28.0 Å². The molecule has 0 aliphatic heterocycles. The maximum Gasteiger partial charge on any atom is 4.00 e. The summed E-state index contributed by atoms with van der Waals surface area (Å²) in [6.07, 6.45) is 0.